The summed E-state index contributed by atoms with van der Waals surface area (Å²) >= 11 is 0. The van der Waals surface area contributed by atoms with Gasteiger partial charge >= 0.3 is 0 Å². The largest absolute Gasteiger partial charge is 0.349 e. The summed E-state index contributed by atoms with van der Waals surface area (Å²) in [5.74, 6) is 0.984. The fraction of sp³-hybridized carbons (Fsp3) is 0.464. The second kappa shape index (κ2) is 9.91. The van der Waals surface area contributed by atoms with Gasteiger partial charge in [-0.1, -0.05) is 48.9 Å². The summed E-state index contributed by atoms with van der Waals surface area (Å²) in [4.78, 5) is 17.7. The summed E-state index contributed by atoms with van der Waals surface area (Å²) < 4.78 is 2.17. The van der Waals surface area contributed by atoms with Crippen LogP contribution in [0.2, 0.25) is 0 Å². The minimum atomic E-state index is 0.00490. The standard InChI is InChI=1S/C28H34N6O/c35-28(30-24-13-14-24)23-11-9-22(10-12-23)26(33-17-15-32(16-18-33)25-7-4-8-25)27-31-29-20-34(27)19-21-5-2-1-3-6-21/h1-3,5-6,9-12,20,24-26H,4,7-8,13-19H2,(H,30,35). The van der Waals surface area contributed by atoms with Crippen molar-refractivity contribution in [3.05, 3.63) is 83.4 Å². The second-order valence-electron chi connectivity index (χ2n) is 10.2. The van der Waals surface area contributed by atoms with Crippen LogP contribution < -0.4 is 5.32 Å². The molecular weight excluding hydrogens is 436 g/mol. The summed E-state index contributed by atoms with van der Waals surface area (Å²) in [7, 11) is 0. The molecule has 0 spiro atoms. The third-order valence-corrected chi connectivity index (χ3v) is 7.79. The van der Waals surface area contributed by atoms with E-state index in [1.165, 1.54) is 24.8 Å². The summed E-state index contributed by atoms with van der Waals surface area (Å²) in [5, 5.41) is 12.0. The van der Waals surface area contributed by atoms with Gasteiger partial charge in [0.15, 0.2) is 5.82 Å². The van der Waals surface area contributed by atoms with Crippen LogP contribution in [0.1, 0.15) is 65.5 Å². The number of nitrogens with zero attached hydrogens (tertiary/aromatic N) is 5. The van der Waals surface area contributed by atoms with Crippen LogP contribution in [-0.2, 0) is 6.54 Å². The molecule has 7 heteroatoms. The molecule has 2 aromatic carbocycles. The van der Waals surface area contributed by atoms with E-state index in [-0.39, 0.29) is 11.9 Å². The molecule has 1 atom stereocenters. The molecule has 3 aliphatic rings. The highest BCUT2D eigenvalue weighted by Gasteiger charge is 2.33. The normalized spacial score (nSPS) is 20.3. The van der Waals surface area contributed by atoms with Crippen LogP contribution >= 0.6 is 0 Å². The van der Waals surface area contributed by atoms with Crippen LogP contribution in [0.5, 0.6) is 0 Å². The van der Waals surface area contributed by atoms with E-state index in [1.807, 2.05) is 24.5 Å². The molecule has 1 unspecified atom stereocenters. The molecule has 3 fully saturated rings. The third-order valence-electron chi connectivity index (χ3n) is 7.79. The van der Waals surface area contributed by atoms with Crippen molar-refractivity contribution in [1.82, 2.24) is 29.9 Å². The Labute approximate surface area is 207 Å². The molecule has 1 aliphatic heterocycles. The molecule has 2 heterocycles. The van der Waals surface area contributed by atoms with E-state index in [2.05, 4.69) is 66.3 Å². The van der Waals surface area contributed by atoms with Crippen LogP contribution in [-0.4, -0.2) is 68.7 Å². The maximum atomic E-state index is 12.5. The van der Waals surface area contributed by atoms with E-state index in [0.717, 1.165) is 68.6 Å². The summed E-state index contributed by atoms with van der Waals surface area (Å²) in [6, 6.07) is 19.7. The van der Waals surface area contributed by atoms with Crippen molar-refractivity contribution in [2.24, 2.45) is 0 Å². The molecule has 1 saturated heterocycles. The van der Waals surface area contributed by atoms with Crippen LogP contribution in [0.4, 0.5) is 0 Å². The van der Waals surface area contributed by atoms with Crippen molar-refractivity contribution in [1.29, 1.82) is 0 Å². The number of rotatable bonds is 8. The number of nitrogens with one attached hydrogen (secondary N) is 1. The predicted octanol–water partition coefficient (Wildman–Crippen LogP) is 3.48. The van der Waals surface area contributed by atoms with Crippen molar-refractivity contribution >= 4 is 5.91 Å². The number of hydrogen-bond donors (Lipinski definition) is 1. The second-order valence-corrected chi connectivity index (χ2v) is 10.2. The molecule has 35 heavy (non-hydrogen) atoms. The molecule has 6 rings (SSSR count). The molecule has 1 amide bonds. The molecule has 3 aromatic rings. The van der Waals surface area contributed by atoms with Crippen molar-refractivity contribution in [2.75, 3.05) is 26.2 Å². The number of carbonyl (C=O) groups is 1. The van der Waals surface area contributed by atoms with Gasteiger partial charge in [0, 0.05) is 43.8 Å². The maximum absolute atomic E-state index is 12.5. The third kappa shape index (κ3) is 5.02. The number of aromatic nitrogens is 3. The molecule has 7 nitrogen and oxygen atoms in total. The summed E-state index contributed by atoms with van der Waals surface area (Å²) in [6.07, 6.45) is 8.10. The summed E-state index contributed by atoms with van der Waals surface area (Å²) in [5.41, 5.74) is 3.11. The first-order chi connectivity index (χ1) is 17.2. The van der Waals surface area contributed by atoms with Gasteiger partial charge in [0.2, 0.25) is 0 Å². The van der Waals surface area contributed by atoms with Crippen molar-refractivity contribution in [2.45, 2.75) is 56.8 Å². The van der Waals surface area contributed by atoms with Gasteiger partial charge in [-0.05, 0) is 48.9 Å². The number of carbonyl (C=O) groups excluding carboxylic acids is 1. The molecule has 2 aliphatic carbocycles. The van der Waals surface area contributed by atoms with Gasteiger partial charge in [-0.15, -0.1) is 10.2 Å². The van der Waals surface area contributed by atoms with Gasteiger partial charge in [0.1, 0.15) is 6.33 Å². The Hall–Kier alpha value is -3.03. The Morgan fingerprint density at radius 1 is 0.943 bits per heavy atom. The van der Waals surface area contributed by atoms with E-state index in [0.29, 0.717) is 6.04 Å². The molecule has 2 saturated carbocycles. The van der Waals surface area contributed by atoms with Gasteiger partial charge in [0.25, 0.3) is 5.91 Å². The smallest absolute Gasteiger partial charge is 0.251 e. The summed E-state index contributed by atoms with van der Waals surface area (Å²) in [6.45, 7) is 4.93. The molecular formula is C28H34N6O. The Balaban J connectivity index is 1.26. The van der Waals surface area contributed by atoms with Crippen molar-refractivity contribution in [3.63, 3.8) is 0 Å². The van der Waals surface area contributed by atoms with Gasteiger partial charge in [-0.25, -0.2) is 0 Å². The fourth-order valence-corrected chi connectivity index (χ4v) is 5.33. The van der Waals surface area contributed by atoms with E-state index < -0.39 is 0 Å². The zero-order chi connectivity index (χ0) is 23.6. The first-order valence-electron chi connectivity index (χ1n) is 13.0. The Morgan fingerprint density at radius 3 is 2.34 bits per heavy atom. The highest BCUT2D eigenvalue weighted by molar-refractivity contribution is 5.94. The minimum absolute atomic E-state index is 0.00490. The molecule has 1 N–H and O–H groups in total. The van der Waals surface area contributed by atoms with E-state index in [9.17, 15) is 4.79 Å². The lowest BCUT2D eigenvalue weighted by atomic mass is 9.91. The lowest BCUT2D eigenvalue weighted by molar-refractivity contribution is 0.0476. The topological polar surface area (TPSA) is 66.3 Å². The average molecular weight is 471 g/mol. The molecule has 1 aromatic heterocycles. The van der Waals surface area contributed by atoms with Gasteiger partial charge < -0.3 is 9.88 Å². The highest BCUT2D eigenvalue weighted by Crippen LogP contribution is 2.32. The van der Waals surface area contributed by atoms with E-state index in [4.69, 9.17) is 0 Å². The first-order valence-corrected chi connectivity index (χ1v) is 13.0. The zero-order valence-electron chi connectivity index (χ0n) is 20.2. The first kappa shape index (κ1) is 22.4. The molecule has 0 radical (unpaired) electrons. The number of hydrogen-bond acceptors (Lipinski definition) is 5. The van der Waals surface area contributed by atoms with E-state index >= 15 is 0 Å². The fourth-order valence-electron chi connectivity index (χ4n) is 5.33. The van der Waals surface area contributed by atoms with Crippen LogP contribution in [0, 0.1) is 0 Å². The van der Waals surface area contributed by atoms with Crippen molar-refractivity contribution < 1.29 is 4.79 Å². The van der Waals surface area contributed by atoms with Crippen LogP contribution in [0.25, 0.3) is 0 Å². The quantitative estimate of drug-likeness (QED) is 0.546. The number of benzene rings is 2. The Bertz CT molecular complexity index is 1130. The van der Waals surface area contributed by atoms with Gasteiger partial charge in [0.05, 0.1) is 12.6 Å². The van der Waals surface area contributed by atoms with Crippen LogP contribution in [0.15, 0.2) is 60.9 Å². The minimum Gasteiger partial charge on any atom is -0.349 e. The monoisotopic (exact) mass is 470 g/mol. The molecule has 0 bridgehead atoms. The molecule has 182 valence electrons. The lowest BCUT2D eigenvalue weighted by Crippen LogP contribution is -2.53. The number of piperazine rings is 1. The van der Waals surface area contributed by atoms with Gasteiger partial charge in [-0.2, -0.15) is 0 Å². The van der Waals surface area contributed by atoms with E-state index in [1.54, 1.807) is 0 Å². The Kier molecular flexibility index (Phi) is 6.35. The highest BCUT2D eigenvalue weighted by atomic mass is 16.1. The zero-order valence-corrected chi connectivity index (χ0v) is 20.2. The Morgan fingerprint density at radius 2 is 1.69 bits per heavy atom. The van der Waals surface area contributed by atoms with Crippen molar-refractivity contribution in [3.8, 4) is 0 Å². The maximum Gasteiger partial charge on any atom is 0.251 e. The average Bonchev–Trinajstić information content (AvgIpc) is 3.57. The lowest BCUT2D eigenvalue weighted by Gasteiger charge is -2.44. The number of amides is 1. The van der Waals surface area contributed by atoms with Gasteiger partial charge in [-0.3, -0.25) is 14.6 Å². The van der Waals surface area contributed by atoms with Crippen LogP contribution in [0.3, 0.4) is 0 Å². The SMILES string of the molecule is O=C(NC1CC1)c1ccc(C(c2nncn2Cc2ccccc2)N2CCN(C3CCC3)CC2)cc1. The predicted molar refractivity (Wildman–Crippen MR) is 135 cm³/mol.